The second-order valence-electron chi connectivity index (χ2n) is 7.67. The van der Waals surface area contributed by atoms with Crippen molar-refractivity contribution in [2.45, 2.75) is 71.2 Å². The molecule has 136 valence electrons. The maximum absolute atomic E-state index is 11.8. The van der Waals surface area contributed by atoms with Gasteiger partial charge in [0.25, 0.3) is 0 Å². The monoisotopic (exact) mass is 338 g/mol. The first-order chi connectivity index (χ1) is 11.5. The van der Waals surface area contributed by atoms with Crippen molar-refractivity contribution in [2.75, 3.05) is 7.11 Å². The number of carbonyl (C=O) groups is 2. The van der Waals surface area contributed by atoms with E-state index in [0.29, 0.717) is 35.9 Å². The molecule has 0 N–H and O–H groups in total. The maximum Gasteiger partial charge on any atom is 0.309 e. The summed E-state index contributed by atoms with van der Waals surface area (Å²) in [4.78, 5) is 23.3. The summed E-state index contributed by atoms with van der Waals surface area (Å²) in [6.45, 7) is 5.82. The van der Waals surface area contributed by atoms with E-state index < -0.39 is 0 Å². The predicted molar refractivity (Wildman–Crippen MR) is 88.1 cm³/mol. The van der Waals surface area contributed by atoms with E-state index >= 15 is 0 Å². The molecule has 1 saturated heterocycles. The summed E-state index contributed by atoms with van der Waals surface area (Å²) in [6, 6.07) is 0. The summed E-state index contributed by atoms with van der Waals surface area (Å²) in [6.07, 6.45) is 4.83. The molecule has 0 spiro atoms. The largest absolute Gasteiger partial charge is 0.469 e. The lowest BCUT2D eigenvalue weighted by Gasteiger charge is -2.37. The molecule has 2 saturated carbocycles. The average Bonchev–Trinajstić information content (AvgIpc) is 3.23. The van der Waals surface area contributed by atoms with Gasteiger partial charge < -0.3 is 14.2 Å². The smallest absolute Gasteiger partial charge is 0.309 e. The minimum Gasteiger partial charge on any atom is -0.469 e. The minimum atomic E-state index is -0.357. The fraction of sp³-hybridized carbons (Fsp3) is 0.895. The highest BCUT2D eigenvalue weighted by atomic mass is 16.6. The van der Waals surface area contributed by atoms with Crippen molar-refractivity contribution in [2.24, 2.45) is 29.6 Å². The summed E-state index contributed by atoms with van der Waals surface area (Å²) < 4.78 is 16.7. The molecule has 2 bridgehead atoms. The Morgan fingerprint density at radius 3 is 2.38 bits per heavy atom. The van der Waals surface area contributed by atoms with E-state index in [4.69, 9.17) is 14.2 Å². The van der Waals surface area contributed by atoms with Gasteiger partial charge in [0.05, 0.1) is 25.7 Å². The van der Waals surface area contributed by atoms with Gasteiger partial charge in [-0.05, 0) is 49.4 Å². The number of fused-ring (bicyclic) bond motifs is 5. The van der Waals surface area contributed by atoms with Gasteiger partial charge in [0.1, 0.15) is 6.10 Å². The molecular weight excluding hydrogens is 308 g/mol. The zero-order valence-electron chi connectivity index (χ0n) is 15.2. The van der Waals surface area contributed by atoms with Crippen LogP contribution in [0.4, 0.5) is 0 Å². The summed E-state index contributed by atoms with van der Waals surface area (Å²) in [5.41, 5.74) is 0. The van der Waals surface area contributed by atoms with Crippen LogP contribution in [0, 0.1) is 29.6 Å². The second kappa shape index (κ2) is 7.03. The van der Waals surface area contributed by atoms with Gasteiger partial charge in [0, 0.05) is 12.8 Å². The van der Waals surface area contributed by atoms with Crippen molar-refractivity contribution in [3.8, 4) is 0 Å². The molecule has 1 aliphatic heterocycles. The molecule has 5 heteroatoms. The molecule has 24 heavy (non-hydrogen) atoms. The van der Waals surface area contributed by atoms with Crippen LogP contribution in [0.25, 0.3) is 0 Å². The van der Waals surface area contributed by atoms with Crippen LogP contribution in [-0.2, 0) is 23.8 Å². The highest BCUT2D eigenvalue weighted by Gasteiger charge is 2.62. The molecule has 0 amide bonds. The molecule has 2 aliphatic carbocycles. The number of esters is 2. The Hall–Kier alpha value is -1.10. The average molecular weight is 338 g/mol. The van der Waals surface area contributed by atoms with Crippen LogP contribution >= 0.6 is 0 Å². The lowest BCUT2D eigenvalue weighted by Crippen LogP contribution is -2.40. The first-order valence-electron chi connectivity index (χ1n) is 9.39. The van der Waals surface area contributed by atoms with Gasteiger partial charge in [-0.2, -0.15) is 0 Å². The van der Waals surface area contributed by atoms with E-state index in [0.717, 1.165) is 19.3 Å². The topological polar surface area (TPSA) is 61.8 Å². The highest BCUT2D eigenvalue weighted by molar-refractivity contribution is 5.71. The second-order valence-corrected chi connectivity index (χ2v) is 7.67. The molecule has 0 radical (unpaired) electrons. The molecule has 8 unspecified atom stereocenters. The normalized spacial score (nSPS) is 41.1. The molecule has 0 aromatic rings. The number of hydrogen-bond donors (Lipinski definition) is 0. The maximum atomic E-state index is 11.8. The van der Waals surface area contributed by atoms with Crippen molar-refractivity contribution in [1.29, 1.82) is 0 Å². The Labute approximate surface area is 144 Å². The molecule has 3 rings (SSSR count). The number of methoxy groups -OCH3 is 1. The molecular formula is C19H30O5. The summed E-state index contributed by atoms with van der Waals surface area (Å²) >= 11 is 0. The Kier molecular flexibility index (Phi) is 5.19. The SMILES string of the molecule is CCC1OC(CC)C2C3CC(CC3C(CC(=O)OC)OC(C)=O)C12. The van der Waals surface area contributed by atoms with Crippen molar-refractivity contribution in [1.82, 2.24) is 0 Å². The molecule has 1 heterocycles. The Morgan fingerprint density at radius 1 is 1.12 bits per heavy atom. The van der Waals surface area contributed by atoms with E-state index in [9.17, 15) is 9.59 Å². The fourth-order valence-corrected chi connectivity index (χ4v) is 5.89. The van der Waals surface area contributed by atoms with Crippen LogP contribution in [0.3, 0.4) is 0 Å². The summed E-state index contributed by atoms with van der Waals surface area (Å²) in [5, 5.41) is 0. The number of hydrogen-bond acceptors (Lipinski definition) is 5. The molecule has 3 aliphatic rings. The third kappa shape index (κ3) is 2.96. The van der Waals surface area contributed by atoms with Crippen molar-refractivity contribution in [3.05, 3.63) is 0 Å². The first-order valence-corrected chi connectivity index (χ1v) is 9.39. The Balaban J connectivity index is 1.78. The number of ether oxygens (including phenoxy) is 3. The number of carbonyl (C=O) groups excluding carboxylic acids is 2. The van der Waals surface area contributed by atoms with E-state index in [1.165, 1.54) is 20.5 Å². The molecule has 5 nitrogen and oxygen atoms in total. The number of rotatable bonds is 6. The Morgan fingerprint density at radius 2 is 1.79 bits per heavy atom. The van der Waals surface area contributed by atoms with Crippen LogP contribution in [0.2, 0.25) is 0 Å². The van der Waals surface area contributed by atoms with E-state index in [1.54, 1.807) is 0 Å². The molecule has 8 atom stereocenters. The van der Waals surface area contributed by atoms with Crippen LogP contribution < -0.4 is 0 Å². The minimum absolute atomic E-state index is 0.163. The lowest BCUT2D eigenvalue weighted by atomic mass is 9.69. The van der Waals surface area contributed by atoms with Gasteiger partial charge in [-0.3, -0.25) is 9.59 Å². The quantitative estimate of drug-likeness (QED) is 0.697. The fourth-order valence-electron chi connectivity index (χ4n) is 5.89. The predicted octanol–water partition coefficient (Wildman–Crippen LogP) is 2.96. The van der Waals surface area contributed by atoms with Gasteiger partial charge in [0.15, 0.2) is 0 Å². The van der Waals surface area contributed by atoms with E-state index in [2.05, 4.69) is 13.8 Å². The zero-order chi connectivity index (χ0) is 17.4. The molecule has 0 aromatic carbocycles. The molecule has 0 aromatic heterocycles. The van der Waals surface area contributed by atoms with E-state index in [1.807, 2.05) is 0 Å². The third-order valence-corrected chi connectivity index (χ3v) is 6.59. The van der Waals surface area contributed by atoms with Crippen LogP contribution in [0.5, 0.6) is 0 Å². The van der Waals surface area contributed by atoms with Gasteiger partial charge >= 0.3 is 11.9 Å². The summed E-state index contributed by atoms with van der Waals surface area (Å²) in [7, 11) is 1.38. The van der Waals surface area contributed by atoms with Gasteiger partial charge in [0.2, 0.25) is 0 Å². The van der Waals surface area contributed by atoms with Gasteiger partial charge in [-0.1, -0.05) is 13.8 Å². The van der Waals surface area contributed by atoms with Gasteiger partial charge in [-0.15, -0.1) is 0 Å². The van der Waals surface area contributed by atoms with Crippen molar-refractivity contribution >= 4 is 11.9 Å². The lowest BCUT2D eigenvalue weighted by molar-refractivity contribution is -0.157. The first kappa shape index (κ1) is 17.7. The summed E-state index contributed by atoms with van der Waals surface area (Å²) in [5.74, 6) is 1.98. The van der Waals surface area contributed by atoms with Crippen LogP contribution in [0.15, 0.2) is 0 Å². The molecule has 3 fully saturated rings. The van der Waals surface area contributed by atoms with Gasteiger partial charge in [-0.25, -0.2) is 0 Å². The Bertz CT molecular complexity index is 490. The zero-order valence-corrected chi connectivity index (χ0v) is 15.2. The third-order valence-electron chi connectivity index (χ3n) is 6.59. The van der Waals surface area contributed by atoms with Crippen LogP contribution in [-0.4, -0.2) is 37.4 Å². The van der Waals surface area contributed by atoms with Crippen LogP contribution in [0.1, 0.15) is 52.9 Å². The standard InChI is InChI=1S/C19H30O5/c1-5-14-18-11-7-12(13(8-11)19(18)15(6-2)24-14)16(23-10(3)20)9-17(21)22-4/h11-16,18-19H,5-9H2,1-4H3. The van der Waals surface area contributed by atoms with Crippen molar-refractivity contribution < 1.29 is 23.8 Å². The highest BCUT2D eigenvalue weighted by Crippen LogP contribution is 2.63. The van der Waals surface area contributed by atoms with E-state index in [-0.39, 0.29) is 30.4 Å². The van der Waals surface area contributed by atoms with Crippen molar-refractivity contribution in [3.63, 3.8) is 0 Å².